The highest BCUT2D eigenvalue weighted by Crippen LogP contribution is 2.36. The van der Waals surface area contributed by atoms with Crippen molar-refractivity contribution in [3.05, 3.63) is 65.5 Å². The van der Waals surface area contributed by atoms with Crippen molar-refractivity contribution in [3.63, 3.8) is 0 Å². The number of carbonyl (C=O) groups is 4. The van der Waals surface area contributed by atoms with Gasteiger partial charge in [0, 0.05) is 18.3 Å². The average Bonchev–Trinajstić information content (AvgIpc) is 3.50. The number of pyridine rings is 1. The highest BCUT2D eigenvalue weighted by Gasteiger charge is 2.52. The lowest BCUT2D eigenvalue weighted by Gasteiger charge is -2.28. The zero-order valence-corrected chi connectivity index (χ0v) is 21.6. The van der Waals surface area contributed by atoms with Crippen LogP contribution in [0.5, 0.6) is 0 Å². The van der Waals surface area contributed by atoms with Crippen molar-refractivity contribution in [2.45, 2.75) is 70.0 Å². The Bertz CT molecular complexity index is 1200. The summed E-state index contributed by atoms with van der Waals surface area (Å²) in [6.45, 7) is 6.69. The lowest BCUT2D eigenvalue weighted by molar-refractivity contribution is -0.138. The van der Waals surface area contributed by atoms with Crippen molar-refractivity contribution < 1.29 is 19.2 Å². The third-order valence-corrected chi connectivity index (χ3v) is 7.73. The van der Waals surface area contributed by atoms with Crippen LogP contribution in [0.1, 0.15) is 72.9 Å². The van der Waals surface area contributed by atoms with Crippen LogP contribution < -0.4 is 5.32 Å². The van der Waals surface area contributed by atoms with Crippen LogP contribution in [0.2, 0.25) is 0 Å². The van der Waals surface area contributed by atoms with E-state index in [0.29, 0.717) is 30.9 Å². The van der Waals surface area contributed by atoms with Crippen molar-refractivity contribution in [3.8, 4) is 0 Å². The van der Waals surface area contributed by atoms with E-state index in [2.05, 4.69) is 31.1 Å². The Hall–Kier alpha value is -3.55. The summed E-state index contributed by atoms with van der Waals surface area (Å²) in [4.78, 5) is 60.2. The number of hydrogen-bond acceptors (Lipinski definition) is 5. The van der Waals surface area contributed by atoms with E-state index < -0.39 is 12.1 Å². The minimum Gasteiger partial charge on any atom is -0.340 e. The lowest BCUT2D eigenvalue weighted by atomic mass is 9.86. The summed E-state index contributed by atoms with van der Waals surface area (Å²) < 4.78 is 0. The first-order chi connectivity index (χ1) is 17.6. The Labute approximate surface area is 217 Å². The van der Waals surface area contributed by atoms with Crippen LogP contribution >= 0.6 is 0 Å². The van der Waals surface area contributed by atoms with Gasteiger partial charge in [0.25, 0.3) is 11.8 Å². The maximum Gasteiger partial charge on any atom is 0.273 e. The fraction of sp³-hybridized carbons (Fsp3) is 0.483. The summed E-state index contributed by atoms with van der Waals surface area (Å²) in [5.41, 5.74) is 1.90. The molecule has 8 heteroatoms. The van der Waals surface area contributed by atoms with E-state index >= 15 is 0 Å². The van der Waals surface area contributed by atoms with Gasteiger partial charge in [0.15, 0.2) is 5.78 Å². The van der Waals surface area contributed by atoms with Gasteiger partial charge in [-0.1, -0.05) is 51.8 Å². The zero-order valence-electron chi connectivity index (χ0n) is 21.6. The van der Waals surface area contributed by atoms with Gasteiger partial charge in [0.1, 0.15) is 17.8 Å². The van der Waals surface area contributed by atoms with E-state index in [-0.39, 0.29) is 47.2 Å². The summed E-state index contributed by atoms with van der Waals surface area (Å²) in [5.74, 6) is -0.566. The molecular weight excluding hydrogens is 468 g/mol. The average molecular weight is 503 g/mol. The van der Waals surface area contributed by atoms with Crippen LogP contribution in [-0.2, 0) is 15.0 Å². The van der Waals surface area contributed by atoms with Crippen molar-refractivity contribution in [1.29, 1.82) is 0 Å². The van der Waals surface area contributed by atoms with Crippen molar-refractivity contribution in [2.24, 2.45) is 5.92 Å². The molecule has 1 aromatic carbocycles. The molecule has 37 heavy (non-hydrogen) atoms. The quantitative estimate of drug-likeness (QED) is 0.655. The summed E-state index contributed by atoms with van der Waals surface area (Å²) in [5, 5.41) is 2.96. The minimum absolute atomic E-state index is 0.0224. The molecule has 3 unspecified atom stereocenters. The molecule has 1 saturated carbocycles. The molecule has 0 spiro atoms. The molecule has 194 valence electrons. The molecule has 3 aliphatic rings. The van der Waals surface area contributed by atoms with Crippen LogP contribution in [0.25, 0.3) is 0 Å². The van der Waals surface area contributed by atoms with Crippen molar-refractivity contribution in [1.82, 2.24) is 20.1 Å². The Morgan fingerprint density at radius 3 is 2.38 bits per heavy atom. The maximum absolute atomic E-state index is 13.7. The summed E-state index contributed by atoms with van der Waals surface area (Å²) in [6, 6.07) is 10.8. The first-order valence-electron chi connectivity index (χ1n) is 13.1. The van der Waals surface area contributed by atoms with Crippen LogP contribution in [0.15, 0.2) is 48.7 Å². The third kappa shape index (κ3) is 5.15. The van der Waals surface area contributed by atoms with Gasteiger partial charge in [-0.3, -0.25) is 24.2 Å². The fourth-order valence-electron chi connectivity index (χ4n) is 5.45. The number of nitrogens with zero attached hydrogens (tertiary/aromatic N) is 3. The molecule has 3 atom stereocenters. The Kier molecular flexibility index (Phi) is 6.60. The molecule has 1 aromatic heterocycles. The number of carbonyl (C=O) groups excluding carboxylic acids is 4. The van der Waals surface area contributed by atoms with E-state index in [4.69, 9.17) is 0 Å². The molecule has 0 bridgehead atoms. The van der Waals surface area contributed by atoms with Crippen LogP contribution in [0, 0.1) is 5.92 Å². The molecule has 1 N–H and O–H groups in total. The van der Waals surface area contributed by atoms with Crippen LogP contribution in [0.4, 0.5) is 0 Å². The highest BCUT2D eigenvalue weighted by molar-refractivity contribution is 6.03. The van der Waals surface area contributed by atoms with Crippen molar-refractivity contribution >= 4 is 23.5 Å². The van der Waals surface area contributed by atoms with Gasteiger partial charge in [0.05, 0.1) is 12.6 Å². The number of nitrogens with one attached hydrogen (secondary N) is 1. The van der Waals surface area contributed by atoms with E-state index in [1.54, 1.807) is 46.3 Å². The molecular formula is C29H34N4O4. The topological polar surface area (TPSA) is 99.7 Å². The Balaban J connectivity index is 1.30. The number of rotatable bonds is 6. The number of fused-ring (bicyclic) bond motifs is 1. The van der Waals surface area contributed by atoms with Crippen LogP contribution in [-0.4, -0.2) is 69.5 Å². The number of ketones is 1. The molecule has 2 aromatic rings. The first-order valence-corrected chi connectivity index (χ1v) is 13.1. The largest absolute Gasteiger partial charge is 0.340 e. The molecule has 0 radical (unpaired) electrons. The number of hydrogen-bond donors (Lipinski definition) is 1. The third-order valence-electron chi connectivity index (χ3n) is 7.73. The van der Waals surface area contributed by atoms with E-state index in [0.717, 1.165) is 18.4 Å². The van der Waals surface area contributed by atoms with Crippen LogP contribution in [0.3, 0.4) is 0 Å². The minimum atomic E-state index is -0.700. The second kappa shape index (κ2) is 9.72. The highest BCUT2D eigenvalue weighted by atomic mass is 16.2. The normalized spacial score (nSPS) is 22.1. The van der Waals surface area contributed by atoms with Gasteiger partial charge in [-0.25, -0.2) is 0 Å². The van der Waals surface area contributed by atoms with Gasteiger partial charge < -0.3 is 15.1 Å². The Morgan fingerprint density at radius 2 is 1.76 bits per heavy atom. The molecule has 2 saturated heterocycles. The molecule has 2 aliphatic heterocycles. The molecule has 8 nitrogen and oxygen atoms in total. The summed E-state index contributed by atoms with van der Waals surface area (Å²) in [6.07, 6.45) is 4.71. The second-order valence-electron chi connectivity index (χ2n) is 11.5. The number of likely N-dealkylation sites (tertiary alicyclic amines) is 2. The van der Waals surface area contributed by atoms with E-state index in [1.807, 2.05) is 12.1 Å². The monoisotopic (exact) mass is 502 g/mol. The van der Waals surface area contributed by atoms with Gasteiger partial charge in [-0.05, 0) is 54.0 Å². The number of Topliss-reactive ketones (excluding diaryl/α,β-unsaturated/α-hetero) is 1. The standard InChI is InChI=1S/C29H34N4O4/c1-29(2,3)20-11-9-19(10-12-20)26(35)31-22(16-18-7-8-18)28(37)32-15-13-23-25(32)24(34)17-33(23)27(36)21-6-4-5-14-30-21/h4-6,9-12,14,18,22-23,25H,7-8,13,15-17H2,1-3H3,(H,31,35). The lowest BCUT2D eigenvalue weighted by Crippen LogP contribution is -2.52. The summed E-state index contributed by atoms with van der Waals surface area (Å²) >= 11 is 0. The molecule has 3 amide bonds. The van der Waals surface area contributed by atoms with Gasteiger partial charge in [0.2, 0.25) is 5.91 Å². The Morgan fingerprint density at radius 1 is 1.03 bits per heavy atom. The smallest absolute Gasteiger partial charge is 0.273 e. The second-order valence-corrected chi connectivity index (χ2v) is 11.5. The number of aromatic nitrogens is 1. The first kappa shape index (κ1) is 25.1. The van der Waals surface area contributed by atoms with Gasteiger partial charge in [-0.15, -0.1) is 0 Å². The molecule has 1 aliphatic carbocycles. The molecule has 5 rings (SSSR count). The number of benzene rings is 1. The van der Waals surface area contributed by atoms with E-state index in [9.17, 15) is 19.2 Å². The maximum atomic E-state index is 13.7. The van der Waals surface area contributed by atoms with Crippen molar-refractivity contribution in [2.75, 3.05) is 13.1 Å². The molecule has 3 fully saturated rings. The predicted molar refractivity (Wildman–Crippen MR) is 138 cm³/mol. The predicted octanol–water partition coefficient (Wildman–Crippen LogP) is 2.97. The number of amides is 3. The van der Waals surface area contributed by atoms with Gasteiger partial charge >= 0.3 is 0 Å². The van der Waals surface area contributed by atoms with E-state index in [1.165, 1.54) is 0 Å². The molecule has 3 heterocycles. The summed E-state index contributed by atoms with van der Waals surface area (Å²) in [7, 11) is 0. The van der Waals surface area contributed by atoms with Gasteiger partial charge in [-0.2, -0.15) is 0 Å². The zero-order chi connectivity index (χ0) is 26.3. The fourth-order valence-corrected chi connectivity index (χ4v) is 5.45. The SMILES string of the molecule is CC(C)(C)c1ccc(C(=O)NC(CC2CC2)C(=O)N2CCC3C2C(=O)CN3C(=O)c2ccccn2)cc1.